The fraction of sp³-hybridized carbons (Fsp3) is 1.00. The van der Waals surface area contributed by atoms with Gasteiger partial charge in [-0.1, -0.05) is 42.1 Å². The quantitative estimate of drug-likeness (QED) is 0.707. The van der Waals surface area contributed by atoms with Crippen LogP contribution in [0.25, 0.3) is 0 Å². The zero-order chi connectivity index (χ0) is 12.0. The molecule has 0 unspecified atom stereocenters. The van der Waals surface area contributed by atoms with E-state index < -0.39 is 10.0 Å². The lowest BCUT2D eigenvalue weighted by Crippen LogP contribution is -2.41. The number of sulfonamides is 1. The van der Waals surface area contributed by atoms with Gasteiger partial charge in [0.1, 0.15) is 0 Å². The van der Waals surface area contributed by atoms with Crippen LogP contribution in [0, 0.1) is 0 Å². The third kappa shape index (κ3) is 3.70. The van der Waals surface area contributed by atoms with Crippen LogP contribution in [0.3, 0.4) is 0 Å². The van der Waals surface area contributed by atoms with Crippen LogP contribution in [-0.4, -0.2) is 36.4 Å². The van der Waals surface area contributed by atoms with Crippen LogP contribution < -0.4 is 0 Å². The minimum absolute atomic E-state index is 0.119. The Morgan fingerprint density at radius 1 is 1.19 bits per heavy atom. The van der Waals surface area contributed by atoms with Crippen molar-refractivity contribution >= 4 is 26.0 Å². The molecule has 1 fully saturated rings. The number of halogens is 1. The molecule has 0 aromatic carbocycles. The van der Waals surface area contributed by atoms with E-state index in [1.807, 2.05) is 6.92 Å². The highest BCUT2D eigenvalue weighted by Crippen LogP contribution is 2.26. The first-order chi connectivity index (χ1) is 7.62. The molecule has 5 heteroatoms. The van der Waals surface area contributed by atoms with Crippen molar-refractivity contribution in [3.05, 3.63) is 0 Å². The van der Waals surface area contributed by atoms with Crippen molar-refractivity contribution in [2.45, 2.75) is 50.7 Å². The molecule has 1 saturated carbocycles. The Morgan fingerprint density at radius 3 is 2.31 bits per heavy atom. The van der Waals surface area contributed by atoms with E-state index in [-0.39, 0.29) is 5.25 Å². The van der Waals surface area contributed by atoms with Gasteiger partial charge >= 0.3 is 0 Å². The molecule has 1 rings (SSSR count). The summed E-state index contributed by atoms with van der Waals surface area (Å²) in [6.45, 7) is 3.29. The Labute approximate surface area is 108 Å². The Morgan fingerprint density at radius 2 is 1.81 bits per heavy atom. The van der Waals surface area contributed by atoms with E-state index in [0.29, 0.717) is 13.1 Å². The minimum atomic E-state index is -3.05. The lowest BCUT2D eigenvalue weighted by Gasteiger charge is -2.29. The fourth-order valence-corrected chi connectivity index (χ4v) is 5.08. The summed E-state index contributed by atoms with van der Waals surface area (Å²) in [5.74, 6) is 0. The van der Waals surface area contributed by atoms with Crippen molar-refractivity contribution < 1.29 is 8.42 Å². The minimum Gasteiger partial charge on any atom is -0.212 e. The van der Waals surface area contributed by atoms with Gasteiger partial charge in [0.05, 0.1) is 5.25 Å². The molecule has 0 bridgehead atoms. The van der Waals surface area contributed by atoms with E-state index in [0.717, 1.165) is 37.4 Å². The van der Waals surface area contributed by atoms with E-state index in [9.17, 15) is 8.42 Å². The summed E-state index contributed by atoms with van der Waals surface area (Å²) in [5, 5.41) is 0.603. The zero-order valence-corrected chi connectivity index (χ0v) is 12.4. The fourth-order valence-electron chi connectivity index (χ4n) is 2.28. The molecule has 0 aromatic rings. The van der Waals surface area contributed by atoms with Gasteiger partial charge in [-0.05, 0) is 19.3 Å². The topological polar surface area (TPSA) is 37.4 Å². The maximum absolute atomic E-state index is 12.4. The van der Waals surface area contributed by atoms with Crippen LogP contribution >= 0.6 is 15.9 Å². The van der Waals surface area contributed by atoms with Crippen LogP contribution in [0.4, 0.5) is 0 Å². The molecule has 0 heterocycles. The third-order valence-electron chi connectivity index (χ3n) is 3.14. The zero-order valence-electron chi connectivity index (χ0n) is 9.99. The first-order valence-corrected chi connectivity index (χ1v) is 8.80. The summed E-state index contributed by atoms with van der Waals surface area (Å²) in [5.41, 5.74) is 0. The van der Waals surface area contributed by atoms with Crippen LogP contribution in [-0.2, 0) is 10.0 Å². The Bertz CT molecular complexity index is 280. The number of hydrogen-bond donors (Lipinski definition) is 0. The average Bonchev–Trinajstić information content (AvgIpc) is 2.30. The second kappa shape index (κ2) is 6.97. The normalized spacial score (nSPS) is 19.2. The number of nitrogens with zero attached hydrogens (tertiary/aromatic N) is 1. The van der Waals surface area contributed by atoms with Gasteiger partial charge in [-0.2, -0.15) is 0 Å². The second-order valence-corrected chi connectivity index (χ2v) is 7.40. The van der Waals surface area contributed by atoms with Crippen LogP contribution in [0.15, 0.2) is 0 Å². The average molecular weight is 312 g/mol. The highest BCUT2D eigenvalue weighted by atomic mass is 79.9. The van der Waals surface area contributed by atoms with Crippen LogP contribution in [0.1, 0.15) is 45.4 Å². The SMILES string of the molecule is CCCN(CCBr)S(=O)(=O)C1CCCCC1. The predicted octanol–water partition coefficient (Wildman–Crippen LogP) is 2.76. The molecule has 16 heavy (non-hydrogen) atoms. The standard InChI is InChI=1S/C11H22BrNO2S/c1-2-9-13(10-8-12)16(14,15)11-6-4-3-5-7-11/h11H,2-10H2,1H3. The van der Waals surface area contributed by atoms with Gasteiger partial charge in [-0.15, -0.1) is 0 Å². The number of hydrogen-bond acceptors (Lipinski definition) is 2. The highest BCUT2D eigenvalue weighted by molar-refractivity contribution is 9.09. The van der Waals surface area contributed by atoms with Crippen molar-refractivity contribution in [2.24, 2.45) is 0 Å². The van der Waals surface area contributed by atoms with E-state index in [2.05, 4.69) is 15.9 Å². The first-order valence-electron chi connectivity index (χ1n) is 6.17. The van der Waals surface area contributed by atoms with Crippen LogP contribution in [0.5, 0.6) is 0 Å². The van der Waals surface area contributed by atoms with Gasteiger partial charge in [0.25, 0.3) is 0 Å². The first kappa shape index (κ1) is 14.5. The van der Waals surface area contributed by atoms with Crippen molar-refractivity contribution in [3.8, 4) is 0 Å². The molecule has 0 aliphatic heterocycles. The molecular weight excluding hydrogens is 290 g/mol. The Kier molecular flexibility index (Phi) is 6.29. The van der Waals surface area contributed by atoms with Gasteiger partial charge in [-0.3, -0.25) is 0 Å². The van der Waals surface area contributed by atoms with Gasteiger partial charge in [-0.25, -0.2) is 12.7 Å². The second-order valence-electron chi connectivity index (χ2n) is 4.39. The summed E-state index contributed by atoms with van der Waals surface area (Å²) < 4.78 is 26.4. The third-order valence-corrected chi connectivity index (χ3v) is 5.89. The summed E-state index contributed by atoms with van der Waals surface area (Å²) in [6.07, 6.45) is 5.92. The van der Waals surface area contributed by atoms with Crippen molar-refractivity contribution in [1.29, 1.82) is 0 Å². The molecule has 96 valence electrons. The monoisotopic (exact) mass is 311 g/mol. The van der Waals surface area contributed by atoms with Crippen molar-refractivity contribution in [1.82, 2.24) is 4.31 Å². The molecule has 1 aliphatic rings. The van der Waals surface area contributed by atoms with Gasteiger partial charge < -0.3 is 0 Å². The Balaban J connectivity index is 2.70. The number of alkyl halides is 1. The van der Waals surface area contributed by atoms with E-state index in [4.69, 9.17) is 0 Å². The lowest BCUT2D eigenvalue weighted by molar-refractivity contribution is 0.400. The Hall–Kier alpha value is 0.390. The molecule has 0 atom stereocenters. The molecule has 0 aromatic heterocycles. The predicted molar refractivity (Wildman–Crippen MR) is 71.5 cm³/mol. The smallest absolute Gasteiger partial charge is 0.212 e. The highest BCUT2D eigenvalue weighted by Gasteiger charge is 2.31. The molecule has 0 N–H and O–H groups in total. The van der Waals surface area contributed by atoms with Crippen LogP contribution in [0.2, 0.25) is 0 Å². The molecular formula is C11H22BrNO2S. The van der Waals surface area contributed by atoms with Gasteiger partial charge in [0.2, 0.25) is 10.0 Å². The maximum atomic E-state index is 12.4. The molecule has 3 nitrogen and oxygen atoms in total. The molecule has 0 radical (unpaired) electrons. The maximum Gasteiger partial charge on any atom is 0.217 e. The summed E-state index contributed by atoms with van der Waals surface area (Å²) >= 11 is 3.33. The van der Waals surface area contributed by atoms with Gasteiger partial charge in [0.15, 0.2) is 0 Å². The largest absolute Gasteiger partial charge is 0.217 e. The summed E-state index contributed by atoms with van der Waals surface area (Å²) in [4.78, 5) is 0. The van der Waals surface area contributed by atoms with E-state index in [1.54, 1.807) is 4.31 Å². The van der Waals surface area contributed by atoms with Gasteiger partial charge in [0, 0.05) is 18.4 Å². The van der Waals surface area contributed by atoms with Crippen molar-refractivity contribution in [2.75, 3.05) is 18.4 Å². The van der Waals surface area contributed by atoms with Crippen molar-refractivity contribution in [3.63, 3.8) is 0 Å². The van der Waals surface area contributed by atoms with E-state index >= 15 is 0 Å². The molecule has 0 spiro atoms. The molecule has 0 saturated heterocycles. The summed E-state index contributed by atoms with van der Waals surface area (Å²) in [6, 6.07) is 0. The number of rotatable bonds is 6. The summed E-state index contributed by atoms with van der Waals surface area (Å²) in [7, 11) is -3.05. The molecule has 1 aliphatic carbocycles. The van der Waals surface area contributed by atoms with E-state index in [1.165, 1.54) is 6.42 Å². The molecule has 0 amide bonds. The lowest BCUT2D eigenvalue weighted by atomic mass is 10.0.